The zero-order valence-corrected chi connectivity index (χ0v) is 11.7. The molecule has 0 aliphatic rings. The van der Waals surface area contributed by atoms with E-state index in [4.69, 9.17) is 10.2 Å². The van der Waals surface area contributed by atoms with E-state index in [9.17, 15) is 0 Å². The Morgan fingerprint density at radius 3 is 2.37 bits per heavy atom. The molecule has 0 saturated carbocycles. The van der Waals surface area contributed by atoms with Crippen LogP contribution in [-0.2, 0) is 13.0 Å². The summed E-state index contributed by atoms with van der Waals surface area (Å²) in [5, 5.41) is 0. The molecular weight excluding hydrogens is 236 g/mol. The zero-order chi connectivity index (χ0) is 13.7. The summed E-state index contributed by atoms with van der Waals surface area (Å²) < 4.78 is 5.46. The molecule has 1 aromatic heterocycles. The Morgan fingerprint density at radius 2 is 1.84 bits per heavy atom. The molecule has 2 N–H and O–H groups in total. The summed E-state index contributed by atoms with van der Waals surface area (Å²) >= 11 is 0. The second-order valence-corrected chi connectivity index (χ2v) is 4.85. The molecule has 102 valence electrons. The first-order valence-corrected chi connectivity index (χ1v) is 6.76. The van der Waals surface area contributed by atoms with E-state index in [2.05, 4.69) is 43.1 Å². The van der Waals surface area contributed by atoms with E-state index in [1.807, 2.05) is 12.1 Å². The van der Waals surface area contributed by atoms with Crippen molar-refractivity contribution in [3.05, 3.63) is 59.5 Å². The SMILES string of the molecule is CCc1ccc(CN(C)C(CN)c2ccco2)cc1. The Labute approximate surface area is 115 Å². The molecule has 0 aliphatic heterocycles. The molecule has 2 rings (SSSR count). The topological polar surface area (TPSA) is 42.4 Å². The summed E-state index contributed by atoms with van der Waals surface area (Å²) in [7, 11) is 2.08. The highest BCUT2D eigenvalue weighted by Crippen LogP contribution is 2.20. The van der Waals surface area contributed by atoms with Crippen molar-refractivity contribution in [3.8, 4) is 0 Å². The first kappa shape index (κ1) is 13.8. The van der Waals surface area contributed by atoms with Gasteiger partial charge in [-0.25, -0.2) is 0 Å². The summed E-state index contributed by atoms with van der Waals surface area (Å²) in [4.78, 5) is 2.22. The lowest BCUT2D eigenvalue weighted by atomic mass is 10.1. The number of rotatable bonds is 6. The largest absolute Gasteiger partial charge is 0.468 e. The van der Waals surface area contributed by atoms with E-state index < -0.39 is 0 Å². The first-order valence-electron chi connectivity index (χ1n) is 6.76. The molecule has 0 spiro atoms. The quantitative estimate of drug-likeness (QED) is 0.866. The van der Waals surface area contributed by atoms with Gasteiger partial charge in [0.2, 0.25) is 0 Å². The number of hydrogen-bond donors (Lipinski definition) is 1. The minimum Gasteiger partial charge on any atom is -0.468 e. The van der Waals surface area contributed by atoms with E-state index in [0.29, 0.717) is 6.54 Å². The normalized spacial score (nSPS) is 12.8. The van der Waals surface area contributed by atoms with Gasteiger partial charge in [0, 0.05) is 13.1 Å². The van der Waals surface area contributed by atoms with E-state index in [1.165, 1.54) is 11.1 Å². The van der Waals surface area contributed by atoms with Gasteiger partial charge in [-0.05, 0) is 36.7 Å². The van der Waals surface area contributed by atoms with Crippen molar-refractivity contribution in [3.63, 3.8) is 0 Å². The van der Waals surface area contributed by atoms with Crippen LogP contribution < -0.4 is 5.73 Å². The van der Waals surface area contributed by atoms with Crippen LogP contribution in [0.5, 0.6) is 0 Å². The summed E-state index contributed by atoms with van der Waals surface area (Å²) in [5.41, 5.74) is 8.53. The highest BCUT2D eigenvalue weighted by Gasteiger charge is 2.17. The van der Waals surface area contributed by atoms with Gasteiger partial charge in [0.15, 0.2) is 0 Å². The Hall–Kier alpha value is -1.58. The van der Waals surface area contributed by atoms with E-state index in [-0.39, 0.29) is 6.04 Å². The zero-order valence-electron chi connectivity index (χ0n) is 11.7. The number of nitrogens with two attached hydrogens (primary N) is 1. The molecule has 0 bridgehead atoms. The van der Waals surface area contributed by atoms with Crippen LogP contribution in [0.15, 0.2) is 47.1 Å². The molecule has 1 heterocycles. The molecule has 19 heavy (non-hydrogen) atoms. The van der Waals surface area contributed by atoms with Crippen molar-refractivity contribution < 1.29 is 4.42 Å². The minimum atomic E-state index is 0.126. The Balaban J connectivity index is 2.04. The third kappa shape index (κ3) is 3.46. The van der Waals surface area contributed by atoms with Gasteiger partial charge in [0.1, 0.15) is 5.76 Å². The molecule has 1 unspecified atom stereocenters. The molecule has 3 nitrogen and oxygen atoms in total. The van der Waals surface area contributed by atoms with Gasteiger partial charge < -0.3 is 10.2 Å². The summed E-state index contributed by atoms with van der Waals surface area (Å²) in [6, 6.07) is 12.8. The smallest absolute Gasteiger partial charge is 0.122 e. The van der Waals surface area contributed by atoms with Crippen molar-refractivity contribution in [2.24, 2.45) is 5.73 Å². The van der Waals surface area contributed by atoms with Crippen molar-refractivity contribution in [1.29, 1.82) is 0 Å². The van der Waals surface area contributed by atoms with E-state index in [0.717, 1.165) is 18.7 Å². The van der Waals surface area contributed by atoms with Crippen LogP contribution in [0.4, 0.5) is 0 Å². The second-order valence-electron chi connectivity index (χ2n) is 4.85. The predicted molar refractivity (Wildman–Crippen MR) is 77.8 cm³/mol. The maximum atomic E-state index is 5.86. The molecule has 0 amide bonds. The maximum absolute atomic E-state index is 5.86. The number of furan rings is 1. The van der Waals surface area contributed by atoms with Gasteiger partial charge in [0.05, 0.1) is 12.3 Å². The standard InChI is InChI=1S/C16H22N2O/c1-3-13-6-8-14(9-7-13)12-18(2)15(11-17)16-5-4-10-19-16/h4-10,15H,3,11-12,17H2,1-2H3. The maximum Gasteiger partial charge on any atom is 0.122 e. The van der Waals surface area contributed by atoms with Crippen molar-refractivity contribution >= 4 is 0 Å². The highest BCUT2D eigenvalue weighted by atomic mass is 16.3. The number of benzene rings is 1. The highest BCUT2D eigenvalue weighted by molar-refractivity contribution is 5.22. The summed E-state index contributed by atoms with van der Waals surface area (Å²) in [6.07, 6.45) is 2.77. The molecular formula is C16H22N2O. The molecule has 0 saturated heterocycles. The monoisotopic (exact) mass is 258 g/mol. The lowest BCUT2D eigenvalue weighted by molar-refractivity contribution is 0.213. The van der Waals surface area contributed by atoms with E-state index in [1.54, 1.807) is 6.26 Å². The van der Waals surface area contributed by atoms with Crippen molar-refractivity contribution in [2.75, 3.05) is 13.6 Å². The van der Waals surface area contributed by atoms with Gasteiger partial charge in [0.25, 0.3) is 0 Å². The average Bonchev–Trinajstić information content (AvgIpc) is 2.94. The third-order valence-electron chi connectivity index (χ3n) is 3.49. The molecule has 1 atom stereocenters. The number of nitrogens with zero attached hydrogens (tertiary/aromatic N) is 1. The fraction of sp³-hybridized carbons (Fsp3) is 0.375. The fourth-order valence-corrected chi connectivity index (χ4v) is 2.27. The lowest BCUT2D eigenvalue weighted by Crippen LogP contribution is -2.29. The van der Waals surface area contributed by atoms with Crippen LogP contribution >= 0.6 is 0 Å². The number of aryl methyl sites for hydroxylation is 1. The molecule has 0 fully saturated rings. The van der Waals surface area contributed by atoms with Gasteiger partial charge in [-0.3, -0.25) is 4.90 Å². The summed E-state index contributed by atoms with van der Waals surface area (Å²) in [6.45, 7) is 3.59. The molecule has 0 radical (unpaired) electrons. The van der Waals surface area contributed by atoms with Gasteiger partial charge in [-0.15, -0.1) is 0 Å². The average molecular weight is 258 g/mol. The number of hydrogen-bond acceptors (Lipinski definition) is 3. The van der Waals surface area contributed by atoms with Crippen molar-refractivity contribution in [2.45, 2.75) is 25.9 Å². The first-order chi connectivity index (χ1) is 9.24. The molecule has 3 heteroatoms. The van der Waals surface area contributed by atoms with E-state index >= 15 is 0 Å². The van der Waals surface area contributed by atoms with Crippen LogP contribution in [0, 0.1) is 0 Å². The van der Waals surface area contributed by atoms with Gasteiger partial charge in [-0.1, -0.05) is 31.2 Å². The minimum absolute atomic E-state index is 0.126. The molecule has 1 aromatic carbocycles. The second kappa shape index (κ2) is 6.55. The number of likely N-dealkylation sites (N-methyl/N-ethyl adjacent to an activating group) is 1. The predicted octanol–water partition coefficient (Wildman–Crippen LogP) is 2.97. The Morgan fingerprint density at radius 1 is 1.16 bits per heavy atom. The third-order valence-corrected chi connectivity index (χ3v) is 3.49. The van der Waals surface area contributed by atoms with Crippen LogP contribution in [0.2, 0.25) is 0 Å². The van der Waals surface area contributed by atoms with Crippen molar-refractivity contribution in [1.82, 2.24) is 4.90 Å². The van der Waals surface area contributed by atoms with Crippen LogP contribution in [0.3, 0.4) is 0 Å². The molecule has 2 aromatic rings. The van der Waals surface area contributed by atoms with Gasteiger partial charge >= 0.3 is 0 Å². The Kier molecular flexibility index (Phi) is 4.77. The fourth-order valence-electron chi connectivity index (χ4n) is 2.27. The Bertz CT molecular complexity index is 476. The lowest BCUT2D eigenvalue weighted by Gasteiger charge is -2.25. The van der Waals surface area contributed by atoms with Crippen LogP contribution in [-0.4, -0.2) is 18.5 Å². The molecule has 0 aliphatic carbocycles. The van der Waals surface area contributed by atoms with Crippen LogP contribution in [0.25, 0.3) is 0 Å². The van der Waals surface area contributed by atoms with Gasteiger partial charge in [-0.2, -0.15) is 0 Å². The summed E-state index contributed by atoms with van der Waals surface area (Å²) in [5.74, 6) is 0.926. The van der Waals surface area contributed by atoms with Crippen LogP contribution in [0.1, 0.15) is 29.9 Å².